The summed E-state index contributed by atoms with van der Waals surface area (Å²) in [5.74, 6) is -3.30. The number of likely N-dealkylation sites (N-methyl/N-ethyl adjacent to an activating group) is 1. The maximum Gasteiger partial charge on any atom is 0.257 e. The highest BCUT2D eigenvalue weighted by Crippen LogP contribution is 2.39. The first-order valence-corrected chi connectivity index (χ1v) is 16.2. The van der Waals surface area contributed by atoms with Crippen molar-refractivity contribution >= 4 is 69.8 Å². The van der Waals surface area contributed by atoms with E-state index in [2.05, 4.69) is 31.2 Å². The van der Waals surface area contributed by atoms with Gasteiger partial charge in [0.05, 0.1) is 42.2 Å². The van der Waals surface area contributed by atoms with Crippen molar-refractivity contribution in [3.8, 4) is 5.75 Å². The number of hydrogen-bond donors (Lipinski definition) is 4. The van der Waals surface area contributed by atoms with Crippen LogP contribution in [0.15, 0.2) is 30.6 Å². The Kier molecular flexibility index (Phi) is 12.4. The van der Waals surface area contributed by atoms with Crippen LogP contribution in [-0.2, 0) is 19.1 Å². The summed E-state index contributed by atoms with van der Waals surface area (Å²) in [6.45, 7) is 8.41. The third kappa shape index (κ3) is 8.38. The van der Waals surface area contributed by atoms with E-state index in [1.54, 1.807) is 40.8 Å². The molecule has 3 amide bonds. The number of benzene rings is 2. The molecular weight excluding hydrogens is 683 g/mol. The fourth-order valence-corrected chi connectivity index (χ4v) is 5.71. The fraction of sp³-hybridized carbons (Fsp3) is 0.485. The molecule has 5 rings (SSSR count). The molecule has 12 nitrogen and oxygen atoms in total. The maximum absolute atomic E-state index is 15.0. The molecule has 0 spiro atoms. The quantitative estimate of drug-likeness (QED) is 0.218. The largest absolute Gasteiger partial charge is 0.486 e. The van der Waals surface area contributed by atoms with E-state index in [1.165, 1.54) is 18.5 Å². The van der Waals surface area contributed by atoms with Gasteiger partial charge in [0.2, 0.25) is 5.91 Å². The van der Waals surface area contributed by atoms with Crippen LogP contribution >= 0.6 is 24.0 Å². The third-order valence-electron chi connectivity index (χ3n) is 8.45. The van der Waals surface area contributed by atoms with Crippen LogP contribution < -0.4 is 30.9 Å². The number of rotatable bonds is 10. The van der Waals surface area contributed by atoms with E-state index in [1.807, 2.05) is 0 Å². The van der Waals surface area contributed by atoms with Crippen molar-refractivity contribution < 1.29 is 32.6 Å². The number of amides is 3. The van der Waals surface area contributed by atoms with E-state index in [9.17, 15) is 23.2 Å². The second-order valence-electron chi connectivity index (χ2n) is 13.0. The third-order valence-corrected chi connectivity index (χ3v) is 8.80. The number of aromatic nitrogens is 2. The predicted octanol–water partition coefficient (Wildman–Crippen LogP) is 4.64. The lowest BCUT2D eigenvalue weighted by molar-refractivity contribution is -0.134. The minimum atomic E-state index is -1.13. The van der Waals surface area contributed by atoms with E-state index in [0.717, 1.165) is 17.4 Å². The summed E-state index contributed by atoms with van der Waals surface area (Å²) in [5.41, 5.74) is -0.548. The van der Waals surface area contributed by atoms with Gasteiger partial charge >= 0.3 is 0 Å². The van der Waals surface area contributed by atoms with Gasteiger partial charge in [-0.15, -0.1) is 12.4 Å². The van der Waals surface area contributed by atoms with Crippen molar-refractivity contribution in [2.24, 2.45) is 5.41 Å². The van der Waals surface area contributed by atoms with E-state index in [-0.39, 0.29) is 41.5 Å². The van der Waals surface area contributed by atoms with E-state index >= 15 is 0 Å². The number of imide groups is 1. The number of fused-ring (bicyclic) bond motifs is 1. The number of carbonyl (C=O) groups excluding carboxylic acids is 3. The van der Waals surface area contributed by atoms with Crippen LogP contribution in [0.5, 0.6) is 5.75 Å². The summed E-state index contributed by atoms with van der Waals surface area (Å²) in [6.07, 6.45) is 2.68. The molecule has 2 fully saturated rings. The molecule has 2 aliphatic rings. The monoisotopic (exact) mass is 723 g/mol. The van der Waals surface area contributed by atoms with Gasteiger partial charge in [-0.2, -0.15) is 0 Å². The average molecular weight is 725 g/mol. The summed E-state index contributed by atoms with van der Waals surface area (Å²) in [5, 5.41) is 11.3. The topological polar surface area (TPSA) is 147 Å². The van der Waals surface area contributed by atoms with Crippen LogP contribution in [0.4, 0.5) is 26.0 Å². The lowest BCUT2D eigenvalue weighted by Crippen LogP contribution is -2.60. The number of anilines is 3. The van der Waals surface area contributed by atoms with Gasteiger partial charge in [0.25, 0.3) is 11.8 Å². The molecule has 4 N–H and O–H groups in total. The van der Waals surface area contributed by atoms with Gasteiger partial charge in [-0.25, -0.2) is 23.6 Å². The molecule has 0 unspecified atom stereocenters. The minimum Gasteiger partial charge on any atom is -0.486 e. The van der Waals surface area contributed by atoms with Crippen LogP contribution in [0.3, 0.4) is 0 Å². The highest BCUT2D eigenvalue weighted by atomic mass is 35.5. The van der Waals surface area contributed by atoms with Crippen molar-refractivity contribution in [2.75, 3.05) is 37.0 Å². The molecule has 1 aromatic heterocycles. The standard InChI is InChI=1S/C33H40ClF2N7O5.ClH/c1-17(37-5)30(44)42-28(33(2,3)4)32(46)43(31(45)22-7-6-11-38-22)24-13-19-23(14-25(24)48-18-10-12-47-15-18)39-16-40-29(19)41-21-9-8-20(35)26(34)27(21)36;/h8-9,13-14,16-18,22,28,37-38H,6-7,10-12,15H2,1-5H3,(H,42,44)(H,39,40,41);1H/t17-,18-,22-,28+;/m0./s1. The van der Waals surface area contributed by atoms with Crippen molar-refractivity contribution in [1.29, 1.82) is 0 Å². The van der Waals surface area contributed by atoms with Crippen molar-refractivity contribution in [3.63, 3.8) is 0 Å². The van der Waals surface area contributed by atoms with Crippen LogP contribution in [0, 0.1) is 17.0 Å². The molecule has 0 radical (unpaired) electrons. The number of carbonyl (C=O) groups is 3. The minimum absolute atomic E-state index is 0. The van der Waals surface area contributed by atoms with Gasteiger partial charge in [-0.05, 0) is 57.0 Å². The van der Waals surface area contributed by atoms with Crippen molar-refractivity contribution in [1.82, 2.24) is 25.9 Å². The molecule has 0 aliphatic carbocycles. The molecule has 3 aromatic rings. The Balaban J connectivity index is 0.00000541. The molecular formula is C33H41Cl2F2N7O5. The summed E-state index contributed by atoms with van der Waals surface area (Å²) in [6, 6.07) is 2.86. The summed E-state index contributed by atoms with van der Waals surface area (Å²) >= 11 is 5.83. The molecule has 0 bridgehead atoms. The molecule has 2 saturated heterocycles. The van der Waals surface area contributed by atoms with E-state index in [4.69, 9.17) is 21.1 Å². The summed E-state index contributed by atoms with van der Waals surface area (Å²) in [4.78, 5) is 52.0. The van der Waals surface area contributed by atoms with E-state index < -0.39 is 57.9 Å². The Morgan fingerprint density at radius 2 is 1.92 bits per heavy atom. The zero-order chi connectivity index (χ0) is 34.7. The van der Waals surface area contributed by atoms with Crippen LogP contribution in [0.2, 0.25) is 5.02 Å². The second kappa shape index (κ2) is 15.9. The van der Waals surface area contributed by atoms with Gasteiger partial charge in [0.15, 0.2) is 5.82 Å². The Morgan fingerprint density at radius 1 is 1.16 bits per heavy atom. The zero-order valence-corrected chi connectivity index (χ0v) is 29.4. The Hall–Kier alpha value is -3.69. The summed E-state index contributed by atoms with van der Waals surface area (Å²) < 4.78 is 40.8. The molecule has 2 aliphatic heterocycles. The molecule has 49 heavy (non-hydrogen) atoms. The number of hydrogen-bond acceptors (Lipinski definition) is 10. The van der Waals surface area contributed by atoms with Gasteiger partial charge in [0.1, 0.15) is 40.9 Å². The smallest absolute Gasteiger partial charge is 0.257 e. The van der Waals surface area contributed by atoms with Crippen molar-refractivity contribution in [3.05, 3.63) is 47.2 Å². The van der Waals surface area contributed by atoms with E-state index in [0.29, 0.717) is 43.5 Å². The number of nitrogens with one attached hydrogen (secondary N) is 4. The van der Waals surface area contributed by atoms with Crippen molar-refractivity contribution in [2.45, 2.75) is 71.2 Å². The Morgan fingerprint density at radius 3 is 2.55 bits per heavy atom. The van der Waals surface area contributed by atoms with Crippen LogP contribution in [0.25, 0.3) is 10.9 Å². The first-order valence-electron chi connectivity index (χ1n) is 15.8. The SMILES string of the molecule is CN[C@@H](C)C(=O)N[C@H](C(=O)N(C(=O)[C@@H]1CCCN1)c1cc2c(Nc3ccc(F)c(Cl)c3F)ncnc2cc1O[C@H]1CCOC1)C(C)(C)C.Cl. The van der Waals surface area contributed by atoms with Gasteiger partial charge in [-0.3, -0.25) is 14.4 Å². The first kappa shape index (κ1) is 38.1. The molecule has 3 heterocycles. The molecule has 2 aromatic carbocycles. The number of ether oxygens (including phenoxy) is 2. The molecule has 4 atom stereocenters. The predicted molar refractivity (Wildman–Crippen MR) is 185 cm³/mol. The summed E-state index contributed by atoms with van der Waals surface area (Å²) in [7, 11) is 1.63. The first-order chi connectivity index (χ1) is 22.8. The zero-order valence-electron chi connectivity index (χ0n) is 27.9. The molecule has 16 heteroatoms. The van der Waals surface area contributed by atoms with Gasteiger partial charge in [-0.1, -0.05) is 32.4 Å². The van der Waals surface area contributed by atoms with Gasteiger partial charge < -0.3 is 30.7 Å². The molecule has 266 valence electrons. The Labute approximate surface area is 294 Å². The van der Waals surface area contributed by atoms with Crippen LogP contribution in [-0.4, -0.2) is 78.7 Å². The molecule has 0 saturated carbocycles. The number of nitrogens with zero attached hydrogens (tertiary/aromatic N) is 3. The Bertz CT molecular complexity index is 1700. The average Bonchev–Trinajstić information content (AvgIpc) is 3.78. The second-order valence-corrected chi connectivity index (χ2v) is 13.4. The highest BCUT2D eigenvalue weighted by Gasteiger charge is 2.42. The number of halogens is 4. The maximum atomic E-state index is 15.0. The fourth-order valence-electron chi connectivity index (χ4n) is 5.55. The normalized spacial score (nSPS) is 18.8. The highest BCUT2D eigenvalue weighted by molar-refractivity contribution is 6.31. The lowest BCUT2D eigenvalue weighted by Gasteiger charge is -2.36. The van der Waals surface area contributed by atoms with Crippen LogP contribution in [0.1, 0.15) is 47.0 Å². The van der Waals surface area contributed by atoms with Gasteiger partial charge in [0, 0.05) is 17.9 Å². The lowest BCUT2D eigenvalue weighted by atomic mass is 9.85.